The Balaban J connectivity index is 1.55. The maximum absolute atomic E-state index is 6.12. The van der Waals surface area contributed by atoms with Gasteiger partial charge in [-0.3, -0.25) is 0 Å². The third-order valence-corrected chi connectivity index (χ3v) is 17.4. The molecular weight excluding hydrogens is 657 g/mol. The first-order chi connectivity index (χ1) is 24.8. The van der Waals surface area contributed by atoms with Crippen molar-refractivity contribution in [3.8, 4) is 0 Å². The number of hydrogen-bond acceptors (Lipinski definition) is 1. The van der Waals surface area contributed by atoms with E-state index in [-0.39, 0.29) is 27.3 Å². The van der Waals surface area contributed by atoms with Gasteiger partial charge in [0.2, 0.25) is 0 Å². The highest BCUT2D eigenvalue weighted by Crippen LogP contribution is 2.52. The molecular formula is C51H66OSi. The van der Waals surface area contributed by atoms with Crippen molar-refractivity contribution in [1.29, 1.82) is 0 Å². The van der Waals surface area contributed by atoms with Crippen LogP contribution in [0.15, 0.2) is 97.1 Å². The lowest BCUT2D eigenvalue weighted by atomic mass is 9.80. The Labute approximate surface area is 322 Å². The first-order valence-electron chi connectivity index (χ1n) is 20.3. The molecule has 2 heteroatoms. The van der Waals surface area contributed by atoms with Gasteiger partial charge >= 0.3 is 0 Å². The van der Waals surface area contributed by atoms with Crippen molar-refractivity contribution in [2.75, 3.05) is 6.61 Å². The SMILES string of the molecule is CC(C)(C)OCCCCCC[Si](C)(C1=c2ccccc2=CC1(C)c1ccc(C(C)(C)C)cc1)C1=c2ccccc2=CC1(C)c1ccc(C(C)(C)C)cc1. The summed E-state index contributed by atoms with van der Waals surface area (Å²) in [5.41, 5.74) is 5.28. The molecule has 0 bridgehead atoms. The highest BCUT2D eigenvalue weighted by atomic mass is 28.3. The second-order valence-corrected chi connectivity index (χ2v) is 23.9. The summed E-state index contributed by atoms with van der Waals surface area (Å²) >= 11 is 0. The fourth-order valence-corrected chi connectivity index (χ4v) is 15.6. The van der Waals surface area contributed by atoms with Gasteiger partial charge in [0, 0.05) is 17.4 Å². The molecule has 2 aliphatic carbocycles. The molecule has 4 aromatic rings. The van der Waals surface area contributed by atoms with Crippen LogP contribution >= 0.6 is 0 Å². The Hall–Kier alpha value is -3.46. The minimum absolute atomic E-state index is 0.0808. The zero-order valence-corrected chi connectivity index (χ0v) is 36.0. The lowest BCUT2D eigenvalue weighted by Crippen LogP contribution is -2.51. The van der Waals surface area contributed by atoms with Gasteiger partial charge in [-0.05, 0) is 95.0 Å². The van der Waals surface area contributed by atoms with Crippen molar-refractivity contribution in [3.63, 3.8) is 0 Å². The summed E-state index contributed by atoms with van der Waals surface area (Å²) in [7, 11) is -2.48. The molecule has 4 aromatic carbocycles. The minimum Gasteiger partial charge on any atom is -0.376 e. The van der Waals surface area contributed by atoms with Gasteiger partial charge in [-0.15, -0.1) is 0 Å². The van der Waals surface area contributed by atoms with E-state index in [4.69, 9.17) is 4.74 Å². The molecule has 6 rings (SSSR count). The second kappa shape index (κ2) is 14.3. The summed E-state index contributed by atoms with van der Waals surface area (Å²) in [6, 6.07) is 39.1. The molecule has 0 aliphatic heterocycles. The smallest absolute Gasteiger partial charge is 0.110 e. The Morgan fingerprint density at radius 2 is 0.906 bits per heavy atom. The van der Waals surface area contributed by atoms with Gasteiger partial charge in [0.05, 0.1) is 5.60 Å². The van der Waals surface area contributed by atoms with E-state index < -0.39 is 8.07 Å². The summed E-state index contributed by atoms with van der Waals surface area (Å²) in [5.74, 6) is 0. The first-order valence-corrected chi connectivity index (χ1v) is 23.0. The normalized spacial score (nSPS) is 21.1. The maximum atomic E-state index is 6.12. The summed E-state index contributed by atoms with van der Waals surface area (Å²) < 4.78 is 6.12. The number of hydrogen-bond donors (Lipinski definition) is 0. The average Bonchev–Trinajstić information content (AvgIpc) is 3.59. The second-order valence-electron chi connectivity index (χ2n) is 19.7. The fourth-order valence-electron chi connectivity index (χ4n) is 9.54. The largest absolute Gasteiger partial charge is 0.376 e. The van der Waals surface area contributed by atoms with Crippen molar-refractivity contribution >= 4 is 30.6 Å². The summed E-state index contributed by atoms with van der Waals surface area (Å²) in [5, 5.41) is 9.05. The first kappa shape index (κ1) is 39.2. The molecule has 0 aromatic heterocycles. The predicted octanol–water partition coefficient (Wildman–Crippen LogP) is 10.3. The number of benzene rings is 4. The Kier molecular flexibility index (Phi) is 10.6. The number of ether oxygens (including phenoxy) is 1. The van der Waals surface area contributed by atoms with E-state index in [0.717, 1.165) is 13.0 Å². The molecule has 0 saturated carbocycles. The third kappa shape index (κ3) is 7.74. The van der Waals surface area contributed by atoms with Crippen LogP contribution in [-0.4, -0.2) is 20.3 Å². The van der Waals surface area contributed by atoms with Gasteiger partial charge in [-0.25, -0.2) is 0 Å². The van der Waals surface area contributed by atoms with Crippen LogP contribution in [-0.2, 0) is 26.4 Å². The van der Waals surface area contributed by atoms with Crippen LogP contribution in [0.4, 0.5) is 0 Å². The molecule has 0 radical (unpaired) electrons. The van der Waals surface area contributed by atoms with E-state index in [1.165, 1.54) is 68.4 Å². The van der Waals surface area contributed by atoms with Crippen LogP contribution in [0.1, 0.15) is 124 Å². The number of unbranched alkanes of at least 4 members (excludes halogenated alkanes) is 3. The van der Waals surface area contributed by atoms with Crippen LogP contribution in [0.2, 0.25) is 12.6 Å². The lowest BCUT2D eigenvalue weighted by molar-refractivity contribution is -0.00471. The van der Waals surface area contributed by atoms with E-state index >= 15 is 0 Å². The van der Waals surface area contributed by atoms with Crippen LogP contribution < -0.4 is 20.9 Å². The monoisotopic (exact) mass is 722 g/mol. The molecule has 280 valence electrons. The van der Waals surface area contributed by atoms with Gasteiger partial charge in [-0.2, -0.15) is 0 Å². The maximum Gasteiger partial charge on any atom is 0.110 e. The zero-order valence-electron chi connectivity index (χ0n) is 35.0. The van der Waals surface area contributed by atoms with Crippen LogP contribution in [0, 0.1) is 0 Å². The van der Waals surface area contributed by atoms with Crippen molar-refractivity contribution in [3.05, 3.63) is 140 Å². The van der Waals surface area contributed by atoms with Crippen LogP contribution in [0.25, 0.3) is 22.5 Å². The molecule has 0 heterocycles. The van der Waals surface area contributed by atoms with Gasteiger partial charge in [0.15, 0.2) is 0 Å². The van der Waals surface area contributed by atoms with E-state index in [1.807, 2.05) is 0 Å². The van der Waals surface area contributed by atoms with E-state index in [2.05, 4.69) is 192 Å². The van der Waals surface area contributed by atoms with Crippen molar-refractivity contribution in [2.45, 2.75) is 142 Å². The van der Waals surface area contributed by atoms with Crippen LogP contribution in [0.5, 0.6) is 0 Å². The van der Waals surface area contributed by atoms with Crippen molar-refractivity contribution < 1.29 is 4.74 Å². The summed E-state index contributed by atoms with van der Waals surface area (Å²) in [6.45, 7) is 29.0. The molecule has 2 atom stereocenters. The predicted molar refractivity (Wildman–Crippen MR) is 233 cm³/mol. The third-order valence-electron chi connectivity index (χ3n) is 12.3. The average molecular weight is 723 g/mol. The van der Waals surface area contributed by atoms with Crippen LogP contribution in [0.3, 0.4) is 0 Å². The molecule has 53 heavy (non-hydrogen) atoms. The molecule has 2 unspecified atom stereocenters. The van der Waals surface area contributed by atoms with E-state index in [0.29, 0.717) is 0 Å². The van der Waals surface area contributed by atoms with E-state index in [9.17, 15) is 0 Å². The molecule has 1 nitrogen and oxygen atoms in total. The van der Waals surface area contributed by atoms with Gasteiger partial charge in [0.25, 0.3) is 0 Å². The van der Waals surface area contributed by atoms with Gasteiger partial charge < -0.3 is 4.74 Å². The van der Waals surface area contributed by atoms with Gasteiger partial charge in [0.1, 0.15) is 8.07 Å². The molecule has 0 spiro atoms. The molecule has 2 aliphatic rings. The standard InChI is InChI=1S/C51H66OSi/c1-47(2,3)39-25-29-41(30-26-39)50(10)35-37-21-15-17-23-43(37)45(50)53(12,34-20-14-13-19-33-52-49(7,8)9)46-44-24-18-16-22-38(44)36-51(46,11)42-31-27-40(28-32-42)48(4,5)6/h15-18,21-32,35-36H,13-14,19-20,33-34H2,1-12H3. The quantitative estimate of drug-likeness (QED) is 0.111. The van der Waals surface area contributed by atoms with E-state index in [1.54, 1.807) is 10.4 Å². The topological polar surface area (TPSA) is 9.23 Å². The lowest BCUT2D eigenvalue weighted by Gasteiger charge is -2.45. The summed E-state index contributed by atoms with van der Waals surface area (Å²) in [4.78, 5) is 0. The number of fused-ring (bicyclic) bond motifs is 2. The Bertz CT molecular complexity index is 2040. The molecule has 0 saturated heterocycles. The van der Waals surface area contributed by atoms with Crippen molar-refractivity contribution in [1.82, 2.24) is 0 Å². The fraction of sp³-hybridized carbons (Fsp3) is 0.451. The molecule has 0 amide bonds. The molecule has 0 fully saturated rings. The van der Waals surface area contributed by atoms with Gasteiger partial charge in [-0.1, -0.05) is 193 Å². The van der Waals surface area contributed by atoms with Crippen molar-refractivity contribution in [2.24, 2.45) is 0 Å². The number of rotatable bonds is 11. The summed E-state index contributed by atoms with van der Waals surface area (Å²) in [6.07, 6.45) is 9.98. The highest BCUT2D eigenvalue weighted by molar-refractivity contribution is 7.08. The highest BCUT2D eigenvalue weighted by Gasteiger charge is 2.52. The zero-order chi connectivity index (χ0) is 38.5. The minimum atomic E-state index is -2.48. The Morgan fingerprint density at radius 3 is 1.30 bits per heavy atom. The Morgan fingerprint density at radius 1 is 0.509 bits per heavy atom. The molecule has 0 N–H and O–H groups in total.